The van der Waals surface area contributed by atoms with Gasteiger partial charge >= 0.3 is 0 Å². The Morgan fingerprint density at radius 2 is 1.54 bits per heavy atom. The standard InChI is InChI=1S/C16H15Cl6NO3/c17-12-9-11(24-7-3-14(19)20)10-13(18)16(12)25-6-2-1-5-23-26-8-4-15(21)22/h3-5,9-10H,1-2,6-8H2/b23-5+. The normalized spacial score (nSPS) is 10.5. The van der Waals surface area contributed by atoms with E-state index in [-0.39, 0.29) is 22.2 Å². The van der Waals surface area contributed by atoms with Gasteiger partial charge in [0.25, 0.3) is 0 Å². The fraction of sp³-hybridized carbons (Fsp3) is 0.312. The third kappa shape index (κ3) is 10.6. The number of rotatable bonds is 11. The molecule has 1 rings (SSSR count). The fourth-order valence-corrected chi connectivity index (χ4v) is 2.38. The van der Waals surface area contributed by atoms with E-state index in [4.69, 9.17) is 83.9 Å². The molecule has 0 amide bonds. The minimum absolute atomic E-state index is 0.121. The highest BCUT2D eigenvalue weighted by molar-refractivity contribution is 6.56. The molecule has 0 saturated carbocycles. The predicted octanol–water partition coefficient (Wildman–Crippen LogP) is 7.17. The summed E-state index contributed by atoms with van der Waals surface area (Å²) in [5, 5.41) is 4.43. The van der Waals surface area contributed by atoms with E-state index in [1.807, 2.05) is 0 Å². The Morgan fingerprint density at radius 1 is 0.923 bits per heavy atom. The van der Waals surface area contributed by atoms with Gasteiger partial charge in [-0.25, -0.2) is 0 Å². The molecule has 26 heavy (non-hydrogen) atoms. The molecular weight excluding hydrogens is 467 g/mol. The zero-order valence-electron chi connectivity index (χ0n) is 13.4. The van der Waals surface area contributed by atoms with Crippen molar-refractivity contribution in [1.29, 1.82) is 0 Å². The van der Waals surface area contributed by atoms with E-state index in [9.17, 15) is 0 Å². The molecule has 0 aliphatic heterocycles. The van der Waals surface area contributed by atoms with Crippen molar-refractivity contribution in [3.63, 3.8) is 0 Å². The van der Waals surface area contributed by atoms with Gasteiger partial charge in [-0.2, -0.15) is 0 Å². The van der Waals surface area contributed by atoms with Crippen molar-refractivity contribution in [1.82, 2.24) is 0 Å². The van der Waals surface area contributed by atoms with E-state index in [1.165, 1.54) is 12.2 Å². The van der Waals surface area contributed by atoms with Gasteiger partial charge in [-0.05, 0) is 25.0 Å². The van der Waals surface area contributed by atoms with E-state index in [1.54, 1.807) is 18.3 Å². The third-order valence-corrected chi connectivity index (χ3v) is 3.82. The van der Waals surface area contributed by atoms with Gasteiger partial charge in [-0.3, -0.25) is 0 Å². The summed E-state index contributed by atoms with van der Waals surface area (Å²) in [6.45, 7) is 0.815. The number of halogens is 6. The number of benzene rings is 1. The van der Waals surface area contributed by atoms with Gasteiger partial charge < -0.3 is 14.3 Å². The molecule has 0 unspecified atom stereocenters. The van der Waals surface area contributed by atoms with Gasteiger partial charge in [0.05, 0.1) is 16.7 Å². The molecule has 1 aromatic carbocycles. The van der Waals surface area contributed by atoms with Crippen LogP contribution in [0, 0.1) is 0 Å². The maximum atomic E-state index is 6.17. The first kappa shape index (κ1) is 23.5. The fourth-order valence-electron chi connectivity index (χ4n) is 1.56. The minimum Gasteiger partial charge on any atom is -0.490 e. The van der Waals surface area contributed by atoms with Gasteiger partial charge in [0.1, 0.15) is 27.9 Å². The largest absolute Gasteiger partial charge is 0.490 e. The van der Waals surface area contributed by atoms with Crippen LogP contribution in [0.3, 0.4) is 0 Å². The number of hydrogen-bond donors (Lipinski definition) is 0. The molecule has 1 aromatic rings. The van der Waals surface area contributed by atoms with E-state index in [0.717, 1.165) is 0 Å². The van der Waals surface area contributed by atoms with E-state index in [2.05, 4.69) is 5.16 Å². The monoisotopic (exact) mass is 479 g/mol. The lowest BCUT2D eigenvalue weighted by atomic mass is 10.3. The maximum absolute atomic E-state index is 6.17. The molecular formula is C16H15Cl6NO3. The Morgan fingerprint density at radius 3 is 2.15 bits per heavy atom. The topological polar surface area (TPSA) is 40.0 Å². The summed E-state index contributed by atoms with van der Waals surface area (Å²) in [4.78, 5) is 4.91. The van der Waals surface area contributed by atoms with Crippen molar-refractivity contribution in [2.75, 3.05) is 19.8 Å². The van der Waals surface area contributed by atoms with Crippen molar-refractivity contribution in [2.45, 2.75) is 12.8 Å². The van der Waals surface area contributed by atoms with Gasteiger partial charge in [-0.1, -0.05) is 74.8 Å². The first-order valence-corrected chi connectivity index (χ1v) is 9.57. The second-order valence-electron chi connectivity index (χ2n) is 4.59. The highest BCUT2D eigenvalue weighted by Crippen LogP contribution is 2.37. The van der Waals surface area contributed by atoms with Crippen LogP contribution in [-0.2, 0) is 4.84 Å². The Balaban J connectivity index is 2.37. The van der Waals surface area contributed by atoms with Crippen molar-refractivity contribution in [3.05, 3.63) is 43.3 Å². The SMILES string of the molecule is ClC(Cl)=CCO/N=C/CCCOc1c(Cl)cc(OCC=C(Cl)Cl)cc1Cl. The number of hydrogen-bond acceptors (Lipinski definition) is 4. The summed E-state index contributed by atoms with van der Waals surface area (Å²) >= 11 is 34.2. The van der Waals surface area contributed by atoms with Crippen LogP contribution in [0.25, 0.3) is 0 Å². The van der Waals surface area contributed by atoms with Crippen LogP contribution in [-0.4, -0.2) is 26.0 Å². The molecule has 0 heterocycles. The highest BCUT2D eigenvalue weighted by Gasteiger charge is 2.10. The predicted molar refractivity (Wildman–Crippen MR) is 111 cm³/mol. The lowest BCUT2D eigenvalue weighted by Crippen LogP contribution is -2.00. The minimum atomic E-state index is 0.121. The summed E-state index contributed by atoms with van der Waals surface area (Å²) in [5.41, 5.74) is 0. The van der Waals surface area contributed by atoms with Crippen LogP contribution in [0.1, 0.15) is 12.8 Å². The van der Waals surface area contributed by atoms with Crippen LogP contribution in [0.4, 0.5) is 0 Å². The first-order chi connectivity index (χ1) is 12.4. The molecule has 0 atom stereocenters. The summed E-state index contributed by atoms with van der Waals surface area (Å²) in [7, 11) is 0. The lowest BCUT2D eigenvalue weighted by molar-refractivity contribution is 0.175. The smallest absolute Gasteiger partial charge is 0.156 e. The van der Waals surface area contributed by atoms with Crippen molar-refractivity contribution in [2.24, 2.45) is 5.16 Å². The molecule has 10 heteroatoms. The lowest BCUT2D eigenvalue weighted by Gasteiger charge is -2.11. The second kappa shape index (κ2) is 13.6. The summed E-state index contributed by atoms with van der Waals surface area (Å²) in [6, 6.07) is 3.20. The van der Waals surface area contributed by atoms with Gasteiger partial charge in [0.15, 0.2) is 5.75 Å². The number of ether oxygens (including phenoxy) is 2. The van der Waals surface area contributed by atoms with E-state index < -0.39 is 0 Å². The number of oxime groups is 1. The molecule has 0 aromatic heterocycles. The molecule has 0 fully saturated rings. The number of nitrogens with zero attached hydrogens (tertiary/aromatic N) is 1. The summed E-state index contributed by atoms with van der Waals surface area (Å²) < 4.78 is 11.3. The van der Waals surface area contributed by atoms with Gasteiger partial charge in [0, 0.05) is 18.3 Å². The highest BCUT2D eigenvalue weighted by atomic mass is 35.5. The molecule has 0 bridgehead atoms. The second-order valence-corrected chi connectivity index (χ2v) is 7.42. The molecule has 144 valence electrons. The molecule has 4 nitrogen and oxygen atoms in total. The Kier molecular flexibility index (Phi) is 12.4. The quantitative estimate of drug-likeness (QED) is 0.191. The Hall–Kier alpha value is -0.490. The summed E-state index contributed by atoms with van der Waals surface area (Å²) in [6.07, 6.45) is 5.96. The molecule has 0 saturated heterocycles. The van der Waals surface area contributed by atoms with Crippen LogP contribution in [0.2, 0.25) is 10.0 Å². The molecule has 0 spiro atoms. The van der Waals surface area contributed by atoms with Crippen LogP contribution in [0.15, 0.2) is 38.4 Å². The van der Waals surface area contributed by atoms with Crippen molar-refractivity contribution in [3.8, 4) is 11.5 Å². The average Bonchev–Trinajstić information content (AvgIpc) is 2.54. The van der Waals surface area contributed by atoms with E-state index in [0.29, 0.717) is 41.0 Å². The molecule has 0 aliphatic carbocycles. The number of unbranched alkanes of at least 4 members (excludes halogenated alkanes) is 1. The van der Waals surface area contributed by atoms with Gasteiger partial charge in [-0.15, -0.1) is 0 Å². The zero-order chi connectivity index (χ0) is 19.4. The molecule has 0 radical (unpaired) electrons. The first-order valence-electron chi connectivity index (χ1n) is 7.31. The van der Waals surface area contributed by atoms with E-state index >= 15 is 0 Å². The third-order valence-electron chi connectivity index (χ3n) is 2.64. The molecule has 0 aliphatic rings. The van der Waals surface area contributed by atoms with Crippen LogP contribution >= 0.6 is 69.6 Å². The van der Waals surface area contributed by atoms with Crippen molar-refractivity contribution >= 4 is 75.8 Å². The van der Waals surface area contributed by atoms with Gasteiger partial charge in [0.2, 0.25) is 0 Å². The average molecular weight is 482 g/mol. The molecule has 0 N–H and O–H groups in total. The van der Waals surface area contributed by atoms with Crippen molar-refractivity contribution < 1.29 is 14.3 Å². The van der Waals surface area contributed by atoms with Crippen LogP contribution < -0.4 is 9.47 Å². The van der Waals surface area contributed by atoms with Crippen LogP contribution in [0.5, 0.6) is 11.5 Å². The zero-order valence-corrected chi connectivity index (χ0v) is 17.9. The summed E-state index contributed by atoms with van der Waals surface area (Å²) in [5.74, 6) is 0.871. The maximum Gasteiger partial charge on any atom is 0.156 e. The Labute approximate surface area is 182 Å². The Bertz CT molecular complexity index is 632.